The van der Waals surface area contributed by atoms with Gasteiger partial charge in [-0.2, -0.15) is 0 Å². The van der Waals surface area contributed by atoms with Crippen LogP contribution in [0.4, 0.5) is 5.69 Å². The average Bonchev–Trinajstić information content (AvgIpc) is 2.83. The number of carbonyl (C=O) groups is 2. The summed E-state index contributed by atoms with van der Waals surface area (Å²) in [5, 5.41) is 0. The van der Waals surface area contributed by atoms with Crippen LogP contribution in [-0.2, 0) is 26.1 Å². The number of amides is 1. The van der Waals surface area contributed by atoms with Crippen molar-refractivity contribution in [3.8, 4) is 5.75 Å². The van der Waals surface area contributed by atoms with Gasteiger partial charge in [-0.1, -0.05) is 42.5 Å². The maximum absolute atomic E-state index is 12.7. The van der Waals surface area contributed by atoms with Crippen LogP contribution in [0.1, 0.15) is 15.9 Å². The van der Waals surface area contributed by atoms with Gasteiger partial charge in [0.2, 0.25) is 0 Å². The second-order valence-corrected chi connectivity index (χ2v) is 8.82. The zero-order chi connectivity index (χ0) is 23.8. The van der Waals surface area contributed by atoms with E-state index in [0.29, 0.717) is 12.3 Å². The third kappa shape index (κ3) is 6.33. The number of para-hydroxylation sites is 1. The number of nitrogens with one attached hydrogen (secondary N) is 1. The van der Waals surface area contributed by atoms with Gasteiger partial charge >= 0.3 is 5.97 Å². The monoisotopic (exact) mass is 468 g/mol. The molecule has 0 aromatic heterocycles. The Morgan fingerprint density at radius 3 is 2.21 bits per heavy atom. The zero-order valence-corrected chi connectivity index (χ0v) is 19.0. The first-order valence-corrected chi connectivity index (χ1v) is 11.5. The Balaban J connectivity index is 1.66. The molecule has 0 saturated heterocycles. The van der Waals surface area contributed by atoms with Gasteiger partial charge in [0, 0.05) is 13.6 Å². The van der Waals surface area contributed by atoms with E-state index >= 15 is 0 Å². The van der Waals surface area contributed by atoms with Crippen molar-refractivity contribution in [2.24, 2.45) is 0 Å². The Bertz CT molecular complexity index is 1210. The van der Waals surface area contributed by atoms with Gasteiger partial charge in [0.25, 0.3) is 15.9 Å². The molecule has 0 aliphatic rings. The molecule has 0 unspecified atom stereocenters. The third-order valence-corrected chi connectivity index (χ3v) is 6.16. The van der Waals surface area contributed by atoms with Crippen LogP contribution in [0.5, 0.6) is 5.75 Å². The minimum atomic E-state index is -3.96. The molecule has 0 fully saturated rings. The van der Waals surface area contributed by atoms with Crippen LogP contribution < -0.4 is 9.46 Å². The SMILES string of the molecule is COc1ccc(S(=O)(=O)Nc2ccccc2C(=O)OCC(=O)N(C)Cc2ccccc2)cc1. The lowest BCUT2D eigenvalue weighted by Crippen LogP contribution is -2.31. The molecule has 0 spiro atoms. The van der Waals surface area contributed by atoms with Gasteiger partial charge in [0.15, 0.2) is 6.61 Å². The maximum atomic E-state index is 12.7. The van der Waals surface area contributed by atoms with Crippen LogP contribution >= 0.6 is 0 Å². The van der Waals surface area contributed by atoms with Gasteiger partial charge in [-0.05, 0) is 42.0 Å². The maximum Gasteiger partial charge on any atom is 0.340 e. The largest absolute Gasteiger partial charge is 0.497 e. The second kappa shape index (κ2) is 10.6. The molecule has 8 nitrogen and oxygen atoms in total. The summed E-state index contributed by atoms with van der Waals surface area (Å²) in [5.41, 5.74) is 0.981. The molecule has 3 aromatic rings. The van der Waals surface area contributed by atoms with Crippen LogP contribution in [0.15, 0.2) is 83.8 Å². The highest BCUT2D eigenvalue weighted by Crippen LogP contribution is 2.22. The van der Waals surface area contributed by atoms with Crippen LogP contribution in [0, 0.1) is 0 Å². The third-order valence-electron chi connectivity index (χ3n) is 4.78. The molecule has 3 rings (SSSR count). The van der Waals surface area contributed by atoms with Crippen LogP contribution in [0.3, 0.4) is 0 Å². The van der Waals surface area contributed by atoms with E-state index in [-0.39, 0.29) is 22.1 Å². The van der Waals surface area contributed by atoms with Gasteiger partial charge in [-0.25, -0.2) is 13.2 Å². The summed E-state index contributed by atoms with van der Waals surface area (Å²) in [6, 6.07) is 21.3. The number of carbonyl (C=O) groups excluding carboxylic acids is 2. The molecule has 1 N–H and O–H groups in total. The second-order valence-electron chi connectivity index (χ2n) is 7.14. The molecule has 0 radical (unpaired) electrons. The lowest BCUT2D eigenvalue weighted by molar-refractivity contribution is -0.133. The molecule has 9 heteroatoms. The molecular weight excluding hydrogens is 444 g/mol. The summed E-state index contributed by atoms with van der Waals surface area (Å²) >= 11 is 0. The first-order valence-electron chi connectivity index (χ1n) is 10.0. The van der Waals surface area contributed by atoms with E-state index in [1.165, 1.54) is 48.4 Å². The zero-order valence-electron chi connectivity index (χ0n) is 18.2. The lowest BCUT2D eigenvalue weighted by atomic mass is 10.2. The summed E-state index contributed by atoms with van der Waals surface area (Å²) in [4.78, 5) is 26.4. The highest BCUT2D eigenvalue weighted by Gasteiger charge is 2.21. The van der Waals surface area contributed by atoms with Crippen molar-refractivity contribution in [3.63, 3.8) is 0 Å². The van der Waals surface area contributed by atoms with E-state index in [0.717, 1.165) is 5.56 Å². The van der Waals surface area contributed by atoms with E-state index in [1.807, 2.05) is 30.3 Å². The van der Waals surface area contributed by atoms with Gasteiger partial charge in [0.1, 0.15) is 5.75 Å². The predicted molar refractivity (Wildman–Crippen MR) is 123 cm³/mol. The van der Waals surface area contributed by atoms with Crippen molar-refractivity contribution < 1.29 is 27.5 Å². The Hall–Kier alpha value is -3.85. The highest BCUT2D eigenvalue weighted by molar-refractivity contribution is 7.92. The standard InChI is InChI=1S/C24H24N2O6S/c1-26(16-18-8-4-3-5-9-18)23(27)17-32-24(28)21-10-6-7-11-22(21)25-33(29,30)20-14-12-19(31-2)13-15-20/h3-15,25H,16-17H2,1-2H3. The Morgan fingerprint density at radius 2 is 1.55 bits per heavy atom. The number of rotatable bonds is 9. The molecule has 1 amide bonds. The van der Waals surface area contributed by atoms with E-state index in [9.17, 15) is 18.0 Å². The predicted octanol–water partition coefficient (Wildman–Crippen LogP) is 3.31. The van der Waals surface area contributed by atoms with E-state index < -0.39 is 22.6 Å². The molecule has 0 atom stereocenters. The molecular formula is C24H24N2O6S. The van der Waals surface area contributed by atoms with Crippen LogP contribution in [0.2, 0.25) is 0 Å². The molecule has 0 bridgehead atoms. The number of hydrogen-bond acceptors (Lipinski definition) is 6. The number of ether oxygens (including phenoxy) is 2. The van der Waals surface area contributed by atoms with Crippen molar-refractivity contribution in [2.75, 3.05) is 25.5 Å². The first kappa shape index (κ1) is 23.8. The number of esters is 1. The fourth-order valence-electron chi connectivity index (χ4n) is 2.97. The van der Waals surface area contributed by atoms with Crippen molar-refractivity contribution in [1.29, 1.82) is 0 Å². The fourth-order valence-corrected chi connectivity index (χ4v) is 4.05. The molecule has 0 aliphatic carbocycles. The van der Waals surface area contributed by atoms with Crippen molar-refractivity contribution in [1.82, 2.24) is 4.90 Å². The number of anilines is 1. The molecule has 172 valence electrons. The van der Waals surface area contributed by atoms with Gasteiger partial charge in [0.05, 0.1) is 23.3 Å². The highest BCUT2D eigenvalue weighted by atomic mass is 32.2. The number of sulfonamides is 1. The number of hydrogen-bond donors (Lipinski definition) is 1. The number of methoxy groups -OCH3 is 1. The van der Waals surface area contributed by atoms with Crippen molar-refractivity contribution in [3.05, 3.63) is 90.0 Å². The van der Waals surface area contributed by atoms with Gasteiger partial charge < -0.3 is 14.4 Å². The normalized spacial score (nSPS) is 10.8. The molecule has 3 aromatic carbocycles. The quantitative estimate of drug-likeness (QED) is 0.484. The number of nitrogens with zero attached hydrogens (tertiary/aromatic N) is 1. The van der Waals surface area contributed by atoms with Gasteiger partial charge in [-0.15, -0.1) is 0 Å². The van der Waals surface area contributed by atoms with Crippen LogP contribution in [-0.4, -0.2) is 46.0 Å². The fraction of sp³-hybridized carbons (Fsp3) is 0.167. The summed E-state index contributed by atoms with van der Waals surface area (Å²) in [5.74, 6) is -0.687. The van der Waals surface area contributed by atoms with Crippen molar-refractivity contribution >= 4 is 27.6 Å². The summed E-state index contributed by atoms with van der Waals surface area (Å²) in [6.45, 7) is -0.1000. The van der Waals surface area contributed by atoms with E-state index in [1.54, 1.807) is 19.2 Å². The van der Waals surface area contributed by atoms with Crippen molar-refractivity contribution in [2.45, 2.75) is 11.4 Å². The number of likely N-dealkylation sites (N-methyl/N-ethyl adjacent to an activating group) is 1. The van der Waals surface area contributed by atoms with Gasteiger partial charge in [-0.3, -0.25) is 9.52 Å². The minimum absolute atomic E-state index is 0.00387. The van der Waals surface area contributed by atoms with E-state index in [4.69, 9.17) is 9.47 Å². The topological polar surface area (TPSA) is 102 Å². The Labute approximate surface area is 192 Å². The summed E-state index contributed by atoms with van der Waals surface area (Å²) < 4.78 is 38.1. The summed E-state index contributed by atoms with van der Waals surface area (Å²) in [7, 11) is -0.871. The smallest absolute Gasteiger partial charge is 0.340 e. The molecule has 33 heavy (non-hydrogen) atoms. The molecule has 0 saturated carbocycles. The average molecular weight is 469 g/mol. The number of benzene rings is 3. The van der Waals surface area contributed by atoms with Crippen LogP contribution in [0.25, 0.3) is 0 Å². The first-order chi connectivity index (χ1) is 15.8. The Morgan fingerprint density at radius 1 is 0.909 bits per heavy atom. The lowest BCUT2D eigenvalue weighted by Gasteiger charge is -2.17. The summed E-state index contributed by atoms with van der Waals surface area (Å²) in [6.07, 6.45) is 0. The minimum Gasteiger partial charge on any atom is -0.497 e. The molecule has 0 aliphatic heterocycles. The van der Waals surface area contributed by atoms with E-state index in [2.05, 4.69) is 4.72 Å². The Kier molecular flexibility index (Phi) is 7.68. The molecule has 0 heterocycles.